The van der Waals surface area contributed by atoms with Gasteiger partial charge in [-0.15, -0.1) is 0 Å². The van der Waals surface area contributed by atoms with Crippen molar-refractivity contribution in [3.05, 3.63) is 60.2 Å². The number of nitrogens with zero attached hydrogens (tertiary/aromatic N) is 8. The van der Waals surface area contributed by atoms with E-state index in [1.807, 2.05) is 24.4 Å². The molecule has 0 radical (unpaired) electrons. The molecule has 3 aromatic heterocycles. The Labute approximate surface area is 232 Å². The molecule has 1 aromatic carbocycles. The van der Waals surface area contributed by atoms with Gasteiger partial charge in [-0.25, -0.2) is 9.97 Å². The van der Waals surface area contributed by atoms with Crippen LogP contribution in [0.2, 0.25) is 0 Å². The molecule has 3 fully saturated rings. The number of methoxy groups -OCH3 is 1. The van der Waals surface area contributed by atoms with Crippen LogP contribution in [-0.4, -0.2) is 79.6 Å². The zero-order valence-corrected chi connectivity index (χ0v) is 22.7. The number of ether oxygens (including phenoxy) is 1. The first-order valence-electron chi connectivity index (χ1n) is 13.3. The molecule has 6 heterocycles. The number of aliphatic hydroxyl groups is 1. The van der Waals surface area contributed by atoms with Crippen molar-refractivity contribution in [2.45, 2.75) is 44.5 Å². The minimum atomic E-state index is -0.896. The molecule has 11 heteroatoms. The number of piperidine rings is 1. The van der Waals surface area contributed by atoms with Crippen molar-refractivity contribution in [1.82, 2.24) is 30.0 Å². The smallest absolute Gasteiger partial charge is 0.212 e. The molecule has 2 unspecified atom stereocenters. The largest absolute Gasteiger partial charge is 0.481 e. The average molecular weight is 538 g/mol. The van der Waals surface area contributed by atoms with Gasteiger partial charge in [-0.05, 0) is 38.0 Å². The van der Waals surface area contributed by atoms with Crippen LogP contribution in [-0.2, 0) is 6.54 Å². The highest BCUT2D eigenvalue weighted by molar-refractivity contribution is 5.99. The number of nitriles is 1. The molecule has 3 aliphatic heterocycles. The summed E-state index contributed by atoms with van der Waals surface area (Å²) in [6.07, 6.45) is 8.09. The average Bonchev–Trinajstić information content (AvgIpc) is 2.98. The molecule has 4 aromatic rings. The van der Waals surface area contributed by atoms with Gasteiger partial charge in [0.1, 0.15) is 11.9 Å². The van der Waals surface area contributed by atoms with Crippen LogP contribution in [0.3, 0.4) is 0 Å². The fourth-order valence-electron chi connectivity index (χ4n) is 5.50. The minimum absolute atomic E-state index is 0.344. The van der Waals surface area contributed by atoms with Crippen molar-refractivity contribution in [2.24, 2.45) is 0 Å². The standard InChI is InChI=1S/C29H31N9O2/c1-29(2,39)17-34-20-6-23(28-19(9-30)11-35-36-24(28)7-20)25-12-32-26(13-31-25)37-15-21-8-22(16-37)38(21)14-18-4-5-27(40-3)33-10-18/h4-7,10-13,21-22,34,39H,8,14-17H2,1-3H3. The van der Waals surface area contributed by atoms with Gasteiger partial charge in [-0.2, -0.15) is 15.5 Å². The van der Waals surface area contributed by atoms with Gasteiger partial charge in [-0.3, -0.25) is 9.88 Å². The monoisotopic (exact) mass is 537 g/mol. The molecular formula is C29H31N9O2. The summed E-state index contributed by atoms with van der Waals surface area (Å²) in [6, 6.07) is 10.9. The Morgan fingerprint density at radius 3 is 2.58 bits per heavy atom. The van der Waals surface area contributed by atoms with E-state index in [1.165, 1.54) is 18.2 Å². The van der Waals surface area contributed by atoms with E-state index in [9.17, 15) is 10.4 Å². The summed E-state index contributed by atoms with van der Waals surface area (Å²) in [7, 11) is 1.63. The normalized spacial score (nSPS) is 18.7. The number of hydrogen-bond acceptors (Lipinski definition) is 11. The maximum absolute atomic E-state index is 10.2. The molecule has 40 heavy (non-hydrogen) atoms. The first-order chi connectivity index (χ1) is 19.3. The molecule has 3 aliphatic rings. The van der Waals surface area contributed by atoms with Crippen molar-refractivity contribution in [3.8, 4) is 23.2 Å². The Morgan fingerprint density at radius 1 is 1.10 bits per heavy atom. The third-order valence-corrected chi connectivity index (χ3v) is 7.54. The van der Waals surface area contributed by atoms with Crippen LogP contribution in [0.1, 0.15) is 31.4 Å². The molecule has 0 spiro atoms. The number of anilines is 2. The fraction of sp³-hybridized carbons (Fsp3) is 0.379. The van der Waals surface area contributed by atoms with Crippen LogP contribution in [0.5, 0.6) is 5.88 Å². The maximum atomic E-state index is 10.2. The van der Waals surface area contributed by atoms with Crippen molar-refractivity contribution in [2.75, 3.05) is 37.0 Å². The Morgan fingerprint density at radius 2 is 1.93 bits per heavy atom. The van der Waals surface area contributed by atoms with Crippen molar-refractivity contribution in [3.63, 3.8) is 0 Å². The minimum Gasteiger partial charge on any atom is -0.481 e. The number of fused-ring (bicyclic) bond motifs is 3. The molecule has 0 saturated carbocycles. The highest BCUT2D eigenvalue weighted by atomic mass is 16.5. The highest BCUT2D eigenvalue weighted by Gasteiger charge is 2.44. The Kier molecular flexibility index (Phi) is 6.65. The van der Waals surface area contributed by atoms with E-state index in [2.05, 4.69) is 42.4 Å². The maximum Gasteiger partial charge on any atom is 0.212 e. The summed E-state index contributed by atoms with van der Waals surface area (Å²) in [6.45, 7) is 6.47. The lowest BCUT2D eigenvalue weighted by Gasteiger charge is -2.56. The van der Waals surface area contributed by atoms with Gasteiger partial charge in [0.05, 0.1) is 48.1 Å². The lowest BCUT2D eigenvalue weighted by atomic mass is 9.87. The number of aromatic nitrogens is 5. The quantitative estimate of drug-likeness (QED) is 0.343. The van der Waals surface area contributed by atoms with E-state index < -0.39 is 5.60 Å². The molecular weight excluding hydrogens is 506 g/mol. The zero-order valence-electron chi connectivity index (χ0n) is 22.7. The summed E-state index contributed by atoms with van der Waals surface area (Å²) >= 11 is 0. The van der Waals surface area contributed by atoms with Gasteiger partial charge in [-0.1, -0.05) is 6.07 Å². The Bertz CT molecular complexity index is 1550. The number of rotatable bonds is 8. The van der Waals surface area contributed by atoms with Gasteiger partial charge >= 0.3 is 0 Å². The Hall–Kier alpha value is -4.40. The summed E-state index contributed by atoms with van der Waals surface area (Å²) in [4.78, 5) is 18.7. The number of pyridine rings is 1. The second kappa shape index (κ2) is 10.3. The molecule has 0 amide bonds. The molecule has 0 aliphatic carbocycles. The SMILES string of the molecule is COc1ccc(CN2C3CC2CN(c2cnc(-c4cc(NCC(C)(C)O)cc5nncc(C#N)c45)cn2)C3)cn1. The van der Waals surface area contributed by atoms with Crippen LogP contribution >= 0.6 is 0 Å². The van der Waals surface area contributed by atoms with Crippen LogP contribution in [0.4, 0.5) is 11.5 Å². The van der Waals surface area contributed by atoms with Gasteiger partial charge in [0.15, 0.2) is 0 Å². The van der Waals surface area contributed by atoms with Gasteiger partial charge < -0.3 is 20.1 Å². The second-order valence-corrected chi connectivity index (χ2v) is 11.0. The first-order valence-corrected chi connectivity index (χ1v) is 13.3. The van der Waals surface area contributed by atoms with Crippen LogP contribution in [0, 0.1) is 11.3 Å². The summed E-state index contributed by atoms with van der Waals surface area (Å²) in [5, 5.41) is 32.1. The number of nitrogens with one attached hydrogen (secondary N) is 1. The molecule has 2 N–H and O–H groups in total. The lowest BCUT2D eigenvalue weighted by Crippen LogP contribution is -2.68. The van der Waals surface area contributed by atoms with E-state index >= 15 is 0 Å². The van der Waals surface area contributed by atoms with E-state index in [0.717, 1.165) is 36.7 Å². The Balaban J connectivity index is 1.21. The predicted octanol–water partition coefficient (Wildman–Crippen LogP) is 3.01. The molecule has 3 saturated heterocycles. The number of hydrogen-bond donors (Lipinski definition) is 2. The van der Waals surface area contributed by atoms with Crippen molar-refractivity contribution < 1.29 is 9.84 Å². The van der Waals surface area contributed by atoms with Crippen LogP contribution in [0.25, 0.3) is 22.2 Å². The second-order valence-electron chi connectivity index (χ2n) is 11.0. The summed E-state index contributed by atoms with van der Waals surface area (Å²) in [5.74, 6) is 1.47. The van der Waals surface area contributed by atoms with Gasteiger partial charge in [0.2, 0.25) is 5.88 Å². The predicted molar refractivity (Wildman–Crippen MR) is 151 cm³/mol. The third-order valence-electron chi connectivity index (χ3n) is 7.54. The summed E-state index contributed by atoms with van der Waals surface area (Å²) < 4.78 is 5.17. The fourth-order valence-corrected chi connectivity index (χ4v) is 5.50. The number of benzene rings is 1. The van der Waals surface area contributed by atoms with E-state index in [-0.39, 0.29) is 0 Å². The molecule has 204 valence electrons. The molecule has 11 nitrogen and oxygen atoms in total. The lowest BCUT2D eigenvalue weighted by molar-refractivity contribution is -0.00879. The zero-order chi connectivity index (χ0) is 27.9. The van der Waals surface area contributed by atoms with Crippen LogP contribution in [0.15, 0.2) is 49.1 Å². The third kappa shape index (κ3) is 5.11. The first kappa shape index (κ1) is 25.9. The topological polar surface area (TPSA) is 136 Å². The summed E-state index contributed by atoms with van der Waals surface area (Å²) in [5.41, 5.74) is 3.41. The molecule has 7 rings (SSSR count). The van der Waals surface area contributed by atoms with Crippen molar-refractivity contribution >= 4 is 22.4 Å². The van der Waals surface area contributed by atoms with Gasteiger partial charge in [0, 0.05) is 67.2 Å². The van der Waals surface area contributed by atoms with E-state index in [1.54, 1.807) is 33.4 Å². The van der Waals surface area contributed by atoms with E-state index in [0.29, 0.717) is 46.7 Å². The van der Waals surface area contributed by atoms with E-state index in [4.69, 9.17) is 14.7 Å². The highest BCUT2D eigenvalue weighted by Crippen LogP contribution is 2.36. The number of piperazine rings is 1. The molecule has 2 bridgehead atoms. The van der Waals surface area contributed by atoms with Crippen molar-refractivity contribution in [1.29, 1.82) is 5.26 Å². The van der Waals surface area contributed by atoms with Crippen LogP contribution < -0.4 is 15.0 Å². The van der Waals surface area contributed by atoms with Gasteiger partial charge in [0.25, 0.3) is 0 Å². The molecule has 2 atom stereocenters.